The molecule has 0 radical (unpaired) electrons. The summed E-state index contributed by atoms with van der Waals surface area (Å²) in [6.45, 7) is 2.24. The summed E-state index contributed by atoms with van der Waals surface area (Å²) in [7, 11) is 0. The maximum atomic E-state index is 13.2. The van der Waals surface area contributed by atoms with Crippen LogP contribution in [0.2, 0.25) is 0 Å². The van der Waals surface area contributed by atoms with Crippen LogP contribution in [0.4, 0.5) is 4.39 Å². The van der Waals surface area contributed by atoms with Crippen molar-refractivity contribution in [2.24, 2.45) is 5.92 Å². The van der Waals surface area contributed by atoms with Crippen molar-refractivity contribution in [3.63, 3.8) is 0 Å². The number of rotatable bonds is 6. The van der Waals surface area contributed by atoms with Crippen LogP contribution in [0.5, 0.6) is 0 Å². The van der Waals surface area contributed by atoms with Crippen molar-refractivity contribution < 1.29 is 9.18 Å². The summed E-state index contributed by atoms with van der Waals surface area (Å²) >= 11 is 0. The molecule has 128 valence electrons. The Morgan fingerprint density at radius 2 is 2.08 bits per heavy atom. The molecular weight excluding hydrogens is 319 g/mol. The number of carbonyl (C=O) groups is 1. The maximum Gasteiger partial charge on any atom is 0.223 e. The fourth-order valence-electron chi connectivity index (χ4n) is 2.57. The summed E-state index contributed by atoms with van der Waals surface area (Å²) in [5, 5.41) is 7.06. The van der Waals surface area contributed by atoms with Crippen LogP contribution in [0, 0.1) is 11.7 Å². The number of halogens is 1. The quantitative estimate of drug-likeness (QED) is 0.752. The second kappa shape index (κ2) is 7.70. The van der Waals surface area contributed by atoms with Gasteiger partial charge in [-0.15, -0.1) is 0 Å². The van der Waals surface area contributed by atoms with Gasteiger partial charge in [0.05, 0.1) is 0 Å². The summed E-state index contributed by atoms with van der Waals surface area (Å²) in [5.41, 5.74) is 1.75. The number of amides is 1. The first kappa shape index (κ1) is 16.8. The highest BCUT2D eigenvalue weighted by Gasteiger charge is 2.13. The molecule has 0 aliphatic heterocycles. The average Bonchev–Trinajstić information content (AvgIpc) is 3.14. The zero-order valence-electron chi connectivity index (χ0n) is 13.9. The minimum atomic E-state index is -0.284. The maximum absolute atomic E-state index is 13.2. The molecule has 5 nitrogen and oxygen atoms in total. The second-order valence-corrected chi connectivity index (χ2v) is 5.93. The van der Waals surface area contributed by atoms with Crippen molar-refractivity contribution >= 4 is 5.91 Å². The van der Waals surface area contributed by atoms with Gasteiger partial charge in [-0.2, -0.15) is 5.10 Å². The highest BCUT2D eigenvalue weighted by Crippen LogP contribution is 2.11. The molecule has 1 atom stereocenters. The minimum Gasteiger partial charge on any atom is -0.352 e. The summed E-state index contributed by atoms with van der Waals surface area (Å²) in [5.74, 6) is 0.105. The van der Waals surface area contributed by atoms with Crippen molar-refractivity contribution in [3.05, 3.63) is 78.0 Å². The molecule has 3 aromatic rings. The van der Waals surface area contributed by atoms with Gasteiger partial charge in [0, 0.05) is 31.1 Å². The van der Waals surface area contributed by atoms with Crippen molar-refractivity contribution in [1.82, 2.24) is 20.1 Å². The summed E-state index contributed by atoms with van der Waals surface area (Å²) < 4.78 is 14.9. The van der Waals surface area contributed by atoms with Gasteiger partial charge in [0.1, 0.15) is 5.82 Å². The molecule has 2 heterocycles. The zero-order valence-corrected chi connectivity index (χ0v) is 13.9. The molecule has 3 rings (SSSR count). The molecule has 0 unspecified atom stereocenters. The lowest BCUT2D eigenvalue weighted by atomic mass is 10.0. The molecule has 0 aliphatic rings. The lowest BCUT2D eigenvalue weighted by Gasteiger charge is -2.13. The smallest absolute Gasteiger partial charge is 0.223 e. The third-order valence-electron chi connectivity index (χ3n) is 3.89. The Morgan fingerprint density at radius 1 is 1.20 bits per heavy atom. The number of pyridine rings is 1. The number of aromatic nitrogens is 3. The molecule has 0 spiro atoms. The van der Waals surface area contributed by atoms with E-state index in [0.29, 0.717) is 18.8 Å². The number of carbonyl (C=O) groups excluding carboxylic acids is 1. The van der Waals surface area contributed by atoms with Crippen molar-refractivity contribution in [2.75, 3.05) is 0 Å². The molecule has 25 heavy (non-hydrogen) atoms. The Labute approximate surface area is 145 Å². The third-order valence-corrected chi connectivity index (χ3v) is 3.89. The third kappa shape index (κ3) is 4.50. The number of nitrogens with zero attached hydrogens (tertiary/aromatic N) is 3. The first-order valence-corrected chi connectivity index (χ1v) is 8.09. The van der Waals surface area contributed by atoms with E-state index in [2.05, 4.69) is 15.4 Å². The molecule has 1 N–H and O–H groups in total. The fraction of sp³-hybridized carbons (Fsp3) is 0.211. The summed E-state index contributed by atoms with van der Waals surface area (Å²) in [4.78, 5) is 16.5. The van der Waals surface area contributed by atoms with Gasteiger partial charge in [-0.1, -0.05) is 19.1 Å². The number of hydrogen-bond acceptors (Lipinski definition) is 3. The van der Waals surface area contributed by atoms with Crippen LogP contribution in [-0.4, -0.2) is 20.7 Å². The molecule has 2 aromatic heterocycles. The lowest BCUT2D eigenvalue weighted by molar-refractivity contribution is -0.124. The predicted octanol–water partition coefficient (Wildman–Crippen LogP) is 2.90. The summed E-state index contributed by atoms with van der Waals surface area (Å²) in [6.07, 6.45) is 5.68. The van der Waals surface area contributed by atoms with E-state index in [0.717, 1.165) is 11.1 Å². The fourth-order valence-corrected chi connectivity index (χ4v) is 2.57. The largest absolute Gasteiger partial charge is 0.352 e. The topological polar surface area (TPSA) is 59.8 Å². The van der Waals surface area contributed by atoms with E-state index >= 15 is 0 Å². The van der Waals surface area contributed by atoms with Gasteiger partial charge in [0.25, 0.3) is 0 Å². The molecule has 0 saturated carbocycles. The molecule has 0 aliphatic carbocycles. The summed E-state index contributed by atoms with van der Waals surface area (Å²) in [6, 6.07) is 11.9. The monoisotopic (exact) mass is 338 g/mol. The van der Waals surface area contributed by atoms with Gasteiger partial charge < -0.3 is 5.32 Å². The Balaban J connectivity index is 1.57. The first-order valence-electron chi connectivity index (χ1n) is 8.09. The number of hydrogen-bond donors (Lipinski definition) is 1. The Hall–Kier alpha value is -3.02. The molecule has 0 fully saturated rings. The van der Waals surface area contributed by atoms with Crippen LogP contribution in [0.15, 0.2) is 61.1 Å². The highest BCUT2D eigenvalue weighted by molar-refractivity contribution is 5.78. The zero-order chi connectivity index (χ0) is 17.6. The van der Waals surface area contributed by atoms with Gasteiger partial charge in [0.15, 0.2) is 5.82 Å². The molecule has 1 amide bonds. The number of benzene rings is 1. The molecule has 1 aromatic carbocycles. The van der Waals surface area contributed by atoms with E-state index in [4.69, 9.17) is 0 Å². The van der Waals surface area contributed by atoms with Crippen LogP contribution < -0.4 is 5.32 Å². The SMILES string of the molecule is C[C@@H](Cc1cccc(F)c1)C(=O)NCc1ccnc(-n2cccn2)c1. The van der Waals surface area contributed by atoms with Gasteiger partial charge in [-0.05, 0) is 47.9 Å². The molecule has 0 bridgehead atoms. The van der Waals surface area contributed by atoms with E-state index in [1.165, 1.54) is 12.1 Å². The van der Waals surface area contributed by atoms with Crippen LogP contribution in [0.1, 0.15) is 18.1 Å². The van der Waals surface area contributed by atoms with Crippen LogP contribution in [0.25, 0.3) is 5.82 Å². The van der Waals surface area contributed by atoms with Crippen LogP contribution in [-0.2, 0) is 17.8 Å². The van der Waals surface area contributed by atoms with Crippen LogP contribution >= 0.6 is 0 Å². The Morgan fingerprint density at radius 3 is 2.84 bits per heavy atom. The van der Waals surface area contributed by atoms with Crippen LogP contribution in [0.3, 0.4) is 0 Å². The van der Waals surface area contributed by atoms with E-state index in [-0.39, 0.29) is 17.6 Å². The molecule has 0 saturated heterocycles. The number of nitrogens with one attached hydrogen (secondary N) is 1. The standard InChI is InChI=1S/C19H19FN4O/c1-14(10-15-4-2-5-17(20)11-15)19(25)22-13-16-6-8-21-18(12-16)24-9-3-7-23-24/h2-9,11-12,14H,10,13H2,1H3,(H,22,25)/t14-/m0/s1. The molecule has 6 heteroatoms. The molecular formula is C19H19FN4O. The van der Waals surface area contributed by atoms with Gasteiger partial charge >= 0.3 is 0 Å². The minimum absolute atomic E-state index is 0.0679. The predicted molar refractivity (Wildman–Crippen MR) is 92.5 cm³/mol. The first-order chi connectivity index (χ1) is 12.1. The second-order valence-electron chi connectivity index (χ2n) is 5.93. The van der Waals surface area contributed by atoms with Crippen molar-refractivity contribution in [2.45, 2.75) is 19.9 Å². The lowest BCUT2D eigenvalue weighted by Crippen LogP contribution is -2.30. The van der Waals surface area contributed by atoms with Crippen molar-refractivity contribution in [3.8, 4) is 5.82 Å². The normalized spacial score (nSPS) is 11.9. The van der Waals surface area contributed by atoms with Gasteiger partial charge in [-0.3, -0.25) is 4.79 Å². The van der Waals surface area contributed by atoms with Gasteiger partial charge in [-0.25, -0.2) is 14.1 Å². The van der Waals surface area contributed by atoms with Gasteiger partial charge in [0.2, 0.25) is 5.91 Å². The highest BCUT2D eigenvalue weighted by atomic mass is 19.1. The van der Waals surface area contributed by atoms with E-state index in [1.54, 1.807) is 23.1 Å². The Bertz CT molecular complexity index is 848. The van der Waals surface area contributed by atoms with E-state index in [1.807, 2.05) is 37.4 Å². The van der Waals surface area contributed by atoms with E-state index < -0.39 is 0 Å². The Kier molecular flexibility index (Phi) is 5.18. The van der Waals surface area contributed by atoms with E-state index in [9.17, 15) is 9.18 Å². The van der Waals surface area contributed by atoms with Crippen molar-refractivity contribution in [1.29, 1.82) is 0 Å². The average molecular weight is 338 g/mol.